The molecule has 1 aromatic carbocycles. The number of sulfone groups is 1. The fourth-order valence-electron chi connectivity index (χ4n) is 4.81. The van der Waals surface area contributed by atoms with Crippen LogP contribution in [0.5, 0.6) is 11.5 Å². The molecule has 5 heterocycles. The van der Waals surface area contributed by atoms with E-state index in [0.717, 1.165) is 12.1 Å². The highest BCUT2D eigenvalue weighted by Gasteiger charge is 2.36. The first-order chi connectivity index (χ1) is 20.5. The minimum Gasteiger partial charge on any atom is -0.489 e. The second kappa shape index (κ2) is 10.9. The van der Waals surface area contributed by atoms with E-state index in [-0.39, 0.29) is 24.6 Å². The molecule has 0 spiro atoms. The number of hydrogen-bond acceptors (Lipinski definition) is 9. The predicted octanol–water partition coefficient (Wildman–Crippen LogP) is 4.97. The number of halogens is 4. The molecule has 0 saturated carbocycles. The van der Waals surface area contributed by atoms with Crippen LogP contribution in [0.15, 0.2) is 53.6 Å². The van der Waals surface area contributed by atoms with Crippen molar-refractivity contribution in [2.45, 2.75) is 36.2 Å². The lowest BCUT2D eigenvalue weighted by atomic mass is 10.1. The minimum absolute atomic E-state index is 0.213. The number of nitrogens with one attached hydrogen (secondary N) is 1. The number of carbonyl (C=O) groups is 1. The zero-order chi connectivity index (χ0) is 30.5. The molecule has 4 aromatic rings. The summed E-state index contributed by atoms with van der Waals surface area (Å²) in [6, 6.07) is 8.70. The smallest absolute Gasteiger partial charge is 0.280 e. The maximum Gasteiger partial charge on any atom is 0.280 e. The third-order valence-electron chi connectivity index (χ3n) is 7.07. The molecule has 0 radical (unpaired) electrons. The van der Waals surface area contributed by atoms with Crippen LogP contribution in [-0.2, 0) is 9.84 Å². The van der Waals surface area contributed by atoms with Crippen molar-refractivity contribution in [1.82, 2.24) is 20.3 Å². The summed E-state index contributed by atoms with van der Waals surface area (Å²) in [4.78, 5) is 27.1. The zero-order valence-electron chi connectivity index (χ0n) is 22.4. The molecule has 43 heavy (non-hydrogen) atoms. The fourth-order valence-corrected chi connectivity index (χ4v) is 6.20. The summed E-state index contributed by atoms with van der Waals surface area (Å²) in [7, 11) is -4.57. The first kappa shape index (κ1) is 28.6. The van der Waals surface area contributed by atoms with E-state index in [0.29, 0.717) is 34.7 Å². The number of ether oxygens (including phenoxy) is 2. The van der Waals surface area contributed by atoms with Gasteiger partial charge in [-0.2, -0.15) is 0 Å². The number of hydrogen-bond donors (Lipinski definition) is 1. The van der Waals surface area contributed by atoms with E-state index in [4.69, 9.17) is 9.47 Å². The maximum atomic E-state index is 14.8. The van der Waals surface area contributed by atoms with Crippen LogP contribution in [0.2, 0.25) is 0 Å². The molecule has 224 valence electrons. The summed E-state index contributed by atoms with van der Waals surface area (Å²) in [6.45, 7) is 1.88. The van der Waals surface area contributed by atoms with Gasteiger partial charge in [-0.25, -0.2) is 35.9 Å². The summed E-state index contributed by atoms with van der Waals surface area (Å²) in [5.41, 5.74) is -2.17. The molecular formula is C28H23F4N5O5S. The number of carbonyl (C=O) groups excluding carboxylic acids is 1. The van der Waals surface area contributed by atoms with Crippen LogP contribution in [0.25, 0.3) is 10.9 Å². The first-order valence-electron chi connectivity index (χ1n) is 13.1. The third kappa shape index (κ3) is 5.28. The van der Waals surface area contributed by atoms with Gasteiger partial charge in [-0.15, -0.1) is 0 Å². The largest absolute Gasteiger partial charge is 0.489 e. The number of aromatic nitrogens is 3. The average molecular weight is 618 g/mol. The Bertz CT molecular complexity index is 1860. The van der Waals surface area contributed by atoms with Gasteiger partial charge in [-0.1, -0.05) is 0 Å². The SMILES string of the molecule is C[C@H](NC(=O)c1cc(F)c2c(c1)S(=O)(=O)[C@@H](F)CCO2)c1cc2nc(N3CCOc4ccc(C(F)F)nc43)ccc2cn1. The molecule has 0 fully saturated rings. The highest BCUT2D eigenvalue weighted by molar-refractivity contribution is 7.92. The maximum absolute atomic E-state index is 14.8. The molecule has 15 heteroatoms. The van der Waals surface area contributed by atoms with Crippen molar-refractivity contribution >= 4 is 38.3 Å². The van der Waals surface area contributed by atoms with Crippen LogP contribution < -0.4 is 19.7 Å². The Hall–Kier alpha value is -4.53. The van der Waals surface area contributed by atoms with Crippen molar-refractivity contribution in [2.75, 3.05) is 24.7 Å². The van der Waals surface area contributed by atoms with E-state index in [2.05, 4.69) is 20.3 Å². The number of anilines is 2. The minimum atomic E-state index is -4.57. The van der Waals surface area contributed by atoms with E-state index in [9.17, 15) is 30.8 Å². The van der Waals surface area contributed by atoms with Crippen LogP contribution in [0.1, 0.15) is 47.6 Å². The van der Waals surface area contributed by atoms with Crippen molar-refractivity contribution < 1.29 is 40.2 Å². The first-order valence-corrected chi connectivity index (χ1v) is 14.7. The molecule has 2 aliphatic heterocycles. The van der Waals surface area contributed by atoms with Gasteiger partial charge in [-0.3, -0.25) is 9.78 Å². The molecule has 2 aliphatic rings. The van der Waals surface area contributed by atoms with Crippen LogP contribution >= 0.6 is 0 Å². The predicted molar refractivity (Wildman–Crippen MR) is 146 cm³/mol. The summed E-state index contributed by atoms with van der Waals surface area (Å²) < 4.78 is 91.4. The molecule has 0 saturated heterocycles. The van der Waals surface area contributed by atoms with Crippen molar-refractivity contribution in [3.8, 4) is 11.5 Å². The molecule has 10 nitrogen and oxygen atoms in total. The average Bonchev–Trinajstić information content (AvgIpc) is 3.11. The molecule has 0 unspecified atom stereocenters. The highest BCUT2D eigenvalue weighted by atomic mass is 32.2. The van der Waals surface area contributed by atoms with E-state index < -0.39 is 62.3 Å². The number of nitrogens with zero attached hydrogens (tertiary/aromatic N) is 4. The van der Waals surface area contributed by atoms with E-state index in [1.54, 1.807) is 30.0 Å². The Kier molecular flexibility index (Phi) is 7.28. The quantitative estimate of drug-likeness (QED) is 0.309. The number of fused-ring (bicyclic) bond motifs is 3. The second-order valence-electron chi connectivity index (χ2n) is 9.90. The monoisotopic (exact) mass is 617 g/mol. The van der Waals surface area contributed by atoms with E-state index >= 15 is 0 Å². The Balaban J connectivity index is 1.27. The van der Waals surface area contributed by atoms with Gasteiger partial charge in [0.1, 0.15) is 23.0 Å². The van der Waals surface area contributed by atoms with Gasteiger partial charge in [0.05, 0.1) is 30.4 Å². The van der Waals surface area contributed by atoms with Crippen molar-refractivity contribution in [3.63, 3.8) is 0 Å². The Morgan fingerprint density at radius 2 is 1.88 bits per heavy atom. The van der Waals surface area contributed by atoms with Gasteiger partial charge < -0.3 is 19.7 Å². The molecule has 6 rings (SSSR count). The van der Waals surface area contributed by atoms with Gasteiger partial charge in [0.25, 0.3) is 12.3 Å². The van der Waals surface area contributed by atoms with Gasteiger partial charge in [-0.05, 0) is 49.4 Å². The van der Waals surface area contributed by atoms with Gasteiger partial charge in [0, 0.05) is 23.6 Å². The fraction of sp³-hybridized carbons (Fsp3) is 0.286. The third-order valence-corrected chi connectivity index (χ3v) is 8.89. The normalized spacial score (nSPS) is 18.2. The molecule has 1 N–H and O–H groups in total. The molecule has 3 aromatic heterocycles. The Morgan fingerprint density at radius 3 is 2.67 bits per heavy atom. The Morgan fingerprint density at radius 1 is 1.07 bits per heavy atom. The highest BCUT2D eigenvalue weighted by Crippen LogP contribution is 2.37. The standard InChI is InChI=1S/C28H23F4N5O5S/c1-14(34-28(38)16-10-17(29)25-22(11-16)43(39,40)23(30)6-8-42-25)19-12-20-15(13-33-19)2-5-24(35-20)37-7-9-41-21-4-3-18(26(31)32)36-27(21)37/h2-5,10-14,23,26H,6-9H2,1H3,(H,34,38)/t14-,23+/m0/s1. The lowest BCUT2D eigenvalue weighted by Crippen LogP contribution is -2.30. The molecule has 0 bridgehead atoms. The topological polar surface area (TPSA) is 124 Å². The zero-order valence-corrected chi connectivity index (χ0v) is 23.2. The van der Waals surface area contributed by atoms with Crippen LogP contribution in [-0.4, -0.2) is 54.5 Å². The molecule has 1 amide bonds. The summed E-state index contributed by atoms with van der Waals surface area (Å²) in [5.74, 6) is -1.55. The van der Waals surface area contributed by atoms with Crippen molar-refractivity contribution in [1.29, 1.82) is 0 Å². The van der Waals surface area contributed by atoms with Crippen LogP contribution in [0.3, 0.4) is 0 Å². The summed E-state index contributed by atoms with van der Waals surface area (Å²) in [5, 5.41) is 3.30. The molecule has 0 aliphatic carbocycles. The lowest BCUT2D eigenvalue weighted by Gasteiger charge is -2.29. The van der Waals surface area contributed by atoms with Crippen LogP contribution in [0, 0.1) is 5.82 Å². The number of rotatable bonds is 5. The van der Waals surface area contributed by atoms with Gasteiger partial charge >= 0.3 is 0 Å². The number of amides is 1. The van der Waals surface area contributed by atoms with Crippen molar-refractivity contribution in [2.24, 2.45) is 0 Å². The van der Waals surface area contributed by atoms with Gasteiger partial charge in [0.15, 0.2) is 23.1 Å². The van der Waals surface area contributed by atoms with E-state index in [1.165, 1.54) is 18.3 Å². The number of alkyl halides is 3. The van der Waals surface area contributed by atoms with Gasteiger partial charge in [0.2, 0.25) is 15.3 Å². The van der Waals surface area contributed by atoms with E-state index in [1.807, 2.05) is 0 Å². The number of benzene rings is 1. The summed E-state index contributed by atoms with van der Waals surface area (Å²) >= 11 is 0. The second-order valence-corrected chi connectivity index (χ2v) is 11.9. The molecular weight excluding hydrogens is 594 g/mol. The van der Waals surface area contributed by atoms with Crippen molar-refractivity contribution in [3.05, 3.63) is 71.4 Å². The lowest BCUT2D eigenvalue weighted by molar-refractivity contribution is 0.0938. The van der Waals surface area contributed by atoms with Crippen LogP contribution in [0.4, 0.5) is 29.2 Å². The number of pyridine rings is 3. The summed E-state index contributed by atoms with van der Waals surface area (Å²) in [6.07, 6.45) is -1.69. The molecule has 2 atom stereocenters. The Labute approximate surface area is 242 Å².